The van der Waals surface area contributed by atoms with E-state index in [1.54, 1.807) is 7.11 Å². The lowest BCUT2D eigenvalue weighted by Gasteiger charge is -2.48. The highest BCUT2D eigenvalue weighted by molar-refractivity contribution is 5.77. The zero-order chi connectivity index (χ0) is 18.0. The first kappa shape index (κ1) is 17.3. The fourth-order valence-corrected chi connectivity index (χ4v) is 4.41. The van der Waals surface area contributed by atoms with Crippen LogP contribution >= 0.6 is 0 Å². The highest BCUT2D eigenvalue weighted by Gasteiger charge is 2.42. The summed E-state index contributed by atoms with van der Waals surface area (Å²) in [6.07, 6.45) is 4.78. The summed E-state index contributed by atoms with van der Waals surface area (Å²) in [5, 5.41) is 0. The Bertz CT molecular complexity index is 742. The third-order valence-electron chi connectivity index (χ3n) is 5.74. The maximum Gasteiger partial charge on any atom is 0.298 e. The van der Waals surface area contributed by atoms with E-state index >= 15 is 0 Å². The van der Waals surface area contributed by atoms with Gasteiger partial charge < -0.3 is 19.0 Å². The first-order chi connectivity index (χ1) is 12.7. The number of fused-ring (bicyclic) bond motifs is 1. The van der Waals surface area contributed by atoms with Gasteiger partial charge in [-0.05, 0) is 37.8 Å². The number of aromatic nitrogens is 1. The van der Waals surface area contributed by atoms with Crippen LogP contribution in [0.3, 0.4) is 0 Å². The van der Waals surface area contributed by atoms with Crippen molar-refractivity contribution < 1.29 is 13.9 Å². The van der Waals surface area contributed by atoms with Crippen LogP contribution in [0.2, 0.25) is 0 Å². The van der Waals surface area contributed by atoms with E-state index in [0.29, 0.717) is 19.0 Å². The lowest BCUT2D eigenvalue weighted by atomic mass is 9.73. The molecule has 2 fully saturated rings. The van der Waals surface area contributed by atoms with E-state index in [9.17, 15) is 4.79 Å². The van der Waals surface area contributed by atoms with Gasteiger partial charge in [0.1, 0.15) is 5.52 Å². The molecule has 6 nitrogen and oxygen atoms in total. The molecule has 0 aliphatic carbocycles. The van der Waals surface area contributed by atoms with Gasteiger partial charge in [-0.1, -0.05) is 12.1 Å². The van der Waals surface area contributed by atoms with Crippen LogP contribution < -0.4 is 4.90 Å². The number of methoxy groups -OCH3 is 1. The smallest absolute Gasteiger partial charge is 0.298 e. The predicted molar refractivity (Wildman–Crippen MR) is 100 cm³/mol. The average Bonchev–Trinajstić information content (AvgIpc) is 3.09. The topological polar surface area (TPSA) is 58.8 Å². The molecule has 1 aromatic carbocycles. The van der Waals surface area contributed by atoms with E-state index in [2.05, 4.69) is 9.88 Å². The van der Waals surface area contributed by atoms with E-state index in [1.165, 1.54) is 0 Å². The van der Waals surface area contributed by atoms with Crippen LogP contribution in [0.25, 0.3) is 11.1 Å². The Balaban J connectivity index is 1.49. The SMILES string of the molecule is COCCCN1CC2(CCCN(c3nc4ccccc4o3)C2)CCC1=O. The second-order valence-electron chi connectivity index (χ2n) is 7.65. The number of nitrogens with zero attached hydrogens (tertiary/aromatic N) is 3. The molecule has 6 heteroatoms. The van der Waals surface area contributed by atoms with Gasteiger partial charge in [-0.15, -0.1) is 0 Å². The van der Waals surface area contributed by atoms with Crippen LogP contribution in [0.5, 0.6) is 0 Å². The highest BCUT2D eigenvalue weighted by atomic mass is 16.5. The van der Waals surface area contributed by atoms with Gasteiger partial charge in [-0.25, -0.2) is 0 Å². The fourth-order valence-electron chi connectivity index (χ4n) is 4.41. The Morgan fingerprint density at radius 1 is 1.27 bits per heavy atom. The van der Waals surface area contributed by atoms with Crippen molar-refractivity contribution in [3.05, 3.63) is 24.3 Å². The van der Waals surface area contributed by atoms with Crippen molar-refractivity contribution in [2.24, 2.45) is 5.41 Å². The van der Waals surface area contributed by atoms with Gasteiger partial charge in [0.2, 0.25) is 5.91 Å². The molecule has 4 rings (SSSR count). The molecule has 1 spiro atoms. The third kappa shape index (κ3) is 3.43. The number of oxazole rings is 1. The van der Waals surface area contributed by atoms with Crippen LogP contribution in [0.4, 0.5) is 6.01 Å². The van der Waals surface area contributed by atoms with E-state index in [4.69, 9.17) is 9.15 Å². The minimum atomic E-state index is 0.153. The molecule has 1 atom stereocenters. The molecular formula is C20H27N3O3. The van der Waals surface area contributed by atoms with Gasteiger partial charge in [0.25, 0.3) is 6.01 Å². The average molecular weight is 357 g/mol. The number of hydrogen-bond donors (Lipinski definition) is 0. The standard InChI is InChI=1S/C20H27N3O3/c1-25-13-5-12-22-14-20(10-8-18(22)24)9-4-11-23(15-20)19-21-16-6-2-3-7-17(16)26-19/h2-3,6-7H,4-5,8-15H2,1H3. The second-order valence-corrected chi connectivity index (χ2v) is 7.65. The fraction of sp³-hybridized carbons (Fsp3) is 0.600. The monoisotopic (exact) mass is 357 g/mol. The Hall–Kier alpha value is -2.08. The van der Waals surface area contributed by atoms with Crippen molar-refractivity contribution in [3.63, 3.8) is 0 Å². The van der Waals surface area contributed by atoms with Gasteiger partial charge in [0, 0.05) is 51.7 Å². The van der Waals surface area contributed by atoms with Gasteiger partial charge in [-0.3, -0.25) is 4.79 Å². The third-order valence-corrected chi connectivity index (χ3v) is 5.74. The predicted octanol–water partition coefficient (Wildman–Crippen LogP) is 3.07. The van der Waals surface area contributed by atoms with Crippen molar-refractivity contribution in [2.75, 3.05) is 44.8 Å². The molecule has 2 aliphatic heterocycles. The van der Waals surface area contributed by atoms with Crippen LogP contribution in [0.1, 0.15) is 32.1 Å². The number of carbonyl (C=O) groups is 1. The zero-order valence-electron chi connectivity index (χ0n) is 15.4. The maximum atomic E-state index is 12.3. The van der Waals surface area contributed by atoms with Crippen LogP contribution in [-0.2, 0) is 9.53 Å². The Labute approximate surface area is 154 Å². The number of hydrogen-bond acceptors (Lipinski definition) is 5. The Morgan fingerprint density at radius 3 is 3.00 bits per heavy atom. The van der Waals surface area contributed by atoms with Crippen LogP contribution in [-0.4, -0.2) is 55.7 Å². The summed E-state index contributed by atoms with van der Waals surface area (Å²) in [5.41, 5.74) is 1.89. The Kier molecular flexibility index (Phi) is 4.85. The van der Waals surface area contributed by atoms with Gasteiger partial charge in [-0.2, -0.15) is 4.98 Å². The molecule has 2 aromatic rings. The first-order valence-electron chi connectivity index (χ1n) is 9.56. The number of benzene rings is 1. The quantitative estimate of drug-likeness (QED) is 0.770. The second kappa shape index (κ2) is 7.27. The number of ether oxygens (including phenoxy) is 1. The summed E-state index contributed by atoms with van der Waals surface area (Å²) in [6, 6.07) is 8.62. The molecule has 1 unspecified atom stereocenters. The van der Waals surface area contributed by atoms with Gasteiger partial charge in [0.05, 0.1) is 0 Å². The van der Waals surface area contributed by atoms with E-state index in [1.807, 2.05) is 29.2 Å². The van der Waals surface area contributed by atoms with E-state index in [-0.39, 0.29) is 11.3 Å². The summed E-state index contributed by atoms with van der Waals surface area (Å²) in [6.45, 7) is 4.20. The summed E-state index contributed by atoms with van der Waals surface area (Å²) < 4.78 is 11.1. The molecule has 26 heavy (non-hydrogen) atoms. The molecule has 140 valence electrons. The number of likely N-dealkylation sites (tertiary alicyclic amines) is 1. The largest absolute Gasteiger partial charge is 0.423 e. The van der Waals surface area contributed by atoms with Gasteiger partial charge in [0.15, 0.2) is 5.58 Å². The summed E-state index contributed by atoms with van der Waals surface area (Å²) in [7, 11) is 1.71. The molecule has 1 amide bonds. The zero-order valence-corrected chi connectivity index (χ0v) is 15.4. The van der Waals surface area contributed by atoms with Crippen molar-refractivity contribution >= 4 is 23.0 Å². The van der Waals surface area contributed by atoms with Crippen molar-refractivity contribution in [1.29, 1.82) is 0 Å². The number of para-hydroxylation sites is 2. The summed E-state index contributed by atoms with van der Waals surface area (Å²) >= 11 is 0. The number of carbonyl (C=O) groups excluding carboxylic acids is 1. The molecule has 2 aliphatic rings. The Morgan fingerprint density at radius 2 is 2.15 bits per heavy atom. The van der Waals surface area contributed by atoms with Crippen molar-refractivity contribution in [3.8, 4) is 0 Å². The molecule has 2 saturated heterocycles. The molecule has 0 radical (unpaired) electrons. The minimum Gasteiger partial charge on any atom is -0.423 e. The highest BCUT2D eigenvalue weighted by Crippen LogP contribution is 2.40. The molecular weight excluding hydrogens is 330 g/mol. The maximum absolute atomic E-state index is 12.3. The number of amides is 1. The first-order valence-corrected chi connectivity index (χ1v) is 9.56. The number of rotatable bonds is 5. The molecule has 0 N–H and O–H groups in total. The minimum absolute atomic E-state index is 0.153. The lowest BCUT2D eigenvalue weighted by molar-refractivity contribution is -0.138. The number of piperidine rings is 2. The summed E-state index contributed by atoms with van der Waals surface area (Å²) in [5.74, 6) is 0.283. The van der Waals surface area contributed by atoms with E-state index in [0.717, 1.165) is 63.0 Å². The van der Waals surface area contributed by atoms with Gasteiger partial charge >= 0.3 is 0 Å². The number of anilines is 1. The lowest BCUT2D eigenvalue weighted by Crippen LogP contribution is -2.54. The van der Waals surface area contributed by atoms with E-state index < -0.39 is 0 Å². The summed E-state index contributed by atoms with van der Waals surface area (Å²) in [4.78, 5) is 21.3. The van der Waals surface area contributed by atoms with Crippen LogP contribution in [0, 0.1) is 5.41 Å². The molecule has 3 heterocycles. The molecule has 1 aromatic heterocycles. The van der Waals surface area contributed by atoms with Crippen molar-refractivity contribution in [1.82, 2.24) is 9.88 Å². The normalized spacial score (nSPS) is 24.0. The van der Waals surface area contributed by atoms with Crippen molar-refractivity contribution in [2.45, 2.75) is 32.1 Å². The van der Waals surface area contributed by atoms with Crippen LogP contribution in [0.15, 0.2) is 28.7 Å². The molecule has 0 saturated carbocycles. The molecule has 0 bridgehead atoms.